The molecule has 5 heteroatoms. The van der Waals surface area contributed by atoms with Gasteiger partial charge in [-0.1, -0.05) is 18.2 Å². The van der Waals surface area contributed by atoms with Crippen LogP contribution in [0.5, 0.6) is 0 Å². The van der Waals surface area contributed by atoms with Gasteiger partial charge in [-0.3, -0.25) is 4.79 Å². The Balaban J connectivity index is 2.11. The van der Waals surface area contributed by atoms with Crippen molar-refractivity contribution in [3.8, 4) is 0 Å². The molecule has 0 bridgehead atoms. The molecule has 1 atom stereocenters. The molecular formula is C15H19NO3S. The van der Waals surface area contributed by atoms with E-state index in [9.17, 15) is 14.7 Å². The maximum atomic E-state index is 12.2. The summed E-state index contributed by atoms with van der Waals surface area (Å²) in [5.41, 5.74) is 2.02. The number of benzene rings is 1. The predicted octanol–water partition coefficient (Wildman–Crippen LogP) is 1.92. The topological polar surface area (TPSA) is 66.4 Å². The van der Waals surface area contributed by atoms with E-state index in [1.807, 2.05) is 32.0 Å². The largest absolute Gasteiger partial charge is 0.479 e. The van der Waals surface area contributed by atoms with E-state index in [0.717, 1.165) is 22.4 Å². The Morgan fingerprint density at radius 1 is 1.35 bits per heavy atom. The van der Waals surface area contributed by atoms with E-state index in [-0.39, 0.29) is 12.3 Å². The molecule has 1 heterocycles. The summed E-state index contributed by atoms with van der Waals surface area (Å²) in [4.78, 5) is 23.6. The predicted molar refractivity (Wildman–Crippen MR) is 80.1 cm³/mol. The first-order chi connectivity index (χ1) is 9.44. The first-order valence-electron chi connectivity index (χ1n) is 6.62. The van der Waals surface area contributed by atoms with Gasteiger partial charge in [0, 0.05) is 5.75 Å². The van der Waals surface area contributed by atoms with Crippen molar-refractivity contribution in [3.05, 3.63) is 34.9 Å². The summed E-state index contributed by atoms with van der Waals surface area (Å²) >= 11 is 1.57. The molecule has 4 nitrogen and oxygen atoms in total. The second kappa shape index (κ2) is 5.87. The number of thioether (sulfide) groups is 1. The summed E-state index contributed by atoms with van der Waals surface area (Å²) in [5.74, 6) is 0.0706. The van der Waals surface area contributed by atoms with Gasteiger partial charge >= 0.3 is 5.97 Å². The Labute approximate surface area is 123 Å². The molecule has 0 saturated carbocycles. The molecule has 1 unspecified atom stereocenters. The average molecular weight is 293 g/mol. The Kier molecular flexibility index (Phi) is 4.38. The van der Waals surface area contributed by atoms with Crippen LogP contribution in [0.2, 0.25) is 0 Å². The zero-order valence-electron chi connectivity index (χ0n) is 11.7. The van der Waals surface area contributed by atoms with Gasteiger partial charge in [0.15, 0.2) is 0 Å². The van der Waals surface area contributed by atoms with E-state index in [1.54, 1.807) is 11.8 Å². The van der Waals surface area contributed by atoms with Crippen molar-refractivity contribution in [2.45, 2.75) is 32.2 Å². The molecule has 0 aromatic heterocycles. The van der Waals surface area contributed by atoms with Gasteiger partial charge in [0.2, 0.25) is 5.91 Å². The minimum atomic E-state index is -1.08. The fourth-order valence-corrected chi connectivity index (χ4v) is 3.81. The molecule has 1 saturated heterocycles. The van der Waals surface area contributed by atoms with Crippen molar-refractivity contribution < 1.29 is 14.7 Å². The molecule has 1 aromatic rings. The Morgan fingerprint density at radius 3 is 2.50 bits per heavy atom. The first kappa shape index (κ1) is 14.9. The minimum absolute atomic E-state index is 0.215. The monoisotopic (exact) mass is 293 g/mol. The molecule has 1 fully saturated rings. The third kappa shape index (κ3) is 2.98. The van der Waals surface area contributed by atoms with Crippen LogP contribution in [-0.4, -0.2) is 34.0 Å². The highest BCUT2D eigenvalue weighted by atomic mass is 32.2. The SMILES string of the molecule is Cc1cccc(C)c1CC(=O)NC1(C(=O)O)CCSC1. The van der Waals surface area contributed by atoms with Gasteiger partial charge in [0.25, 0.3) is 0 Å². The summed E-state index contributed by atoms with van der Waals surface area (Å²) in [7, 11) is 0. The van der Waals surface area contributed by atoms with Gasteiger partial charge in [0.05, 0.1) is 6.42 Å². The number of rotatable bonds is 4. The number of nitrogens with one attached hydrogen (secondary N) is 1. The number of amides is 1. The number of carboxylic acids is 1. The van der Waals surface area contributed by atoms with E-state index in [1.165, 1.54) is 0 Å². The lowest BCUT2D eigenvalue weighted by Crippen LogP contribution is -2.55. The number of aryl methyl sites for hydroxylation is 2. The molecule has 2 N–H and O–H groups in total. The van der Waals surface area contributed by atoms with Gasteiger partial charge in [-0.25, -0.2) is 4.79 Å². The third-order valence-electron chi connectivity index (χ3n) is 3.79. The molecule has 108 valence electrons. The van der Waals surface area contributed by atoms with E-state index < -0.39 is 11.5 Å². The highest BCUT2D eigenvalue weighted by Crippen LogP contribution is 2.28. The van der Waals surface area contributed by atoms with Crippen LogP contribution in [0.15, 0.2) is 18.2 Å². The lowest BCUT2D eigenvalue weighted by atomic mass is 9.96. The third-order valence-corrected chi connectivity index (χ3v) is 4.98. The van der Waals surface area contributed by atoms with Crippen LogP contribution in [0, 0.1) is 13.8 Å². The number of carboxylic acid groups (broad SMARTS) is 1. The highest BCUT2D eigenvalue weighted by Gasteiger charge is 2.43. The van der Waals surface area contributed by atoms with Crippen LogP contribution in [-0.2, 0) is 16.0 Å². The van der Waals surface area contributed by atoms with Crippen molar-refractivity contribution in [2.24, 2.45) is 0 Å². The normalized spacial score (nSPS) is 21.7. The Morgan fingerprint density at radius 2 is 2.00 bits per heavy atom. The van der Waals surface area contributed by atoms with Crippen LogP contribution in [0.4, 0.5) is 0 Å². The number of hydrogen-bond acceptors (Lipinski definition) is 3. The van der Waals surface area contributed by atoms with Crippen LogP contribution >= 0.6 is 11.8 Å². The molecular weight excluding hydrogens is 274 g/mol. The van der Waals surface area contributed by atoms with Gasteiger partial charge in [0.1, 0.15) is 5.54 Å². The molecule has 0 aliphatic carbocycles. The van der Waals surface area contributed by atoms with Gasteiger partial charge < -0.3 is 10.4 Å². The fourth-order valence-electron chi connectivity index (χ4n) is 2.49. The summed E-state index contributed by atoms with van der Waals surface area (Å²) in [5, 5.41) is 12.1. The molecule has 1 amide bonds. The number of carbonyl (C=O) groups is 2. The highest BCUT2D eigenvalue weighted by molar-refractivity contribution is 7.99. The first-order valence-corrected chi connectivity index (χ1v) is 7.77. The summed E-state index contributed by atoms with van der Waals surface area (Å²) < 4.78 is 0. The van der Waals surface area contributed by atoms with Crippen molar-refractivity contribution in [1.29, 1.82) is 0 Å². The van der Waals surface area contributed by atoms with Gasteiger partial charge in [-0.2, -0.15) is 11.8 Å². The van der Waals surface area contributed by atoms with Crippen LogP contribution in [0.3, 0.4) is 0 Å². The molecule has 1 aliphatic rings. The molecule has 0 radical (unpaired) electrons. The summed E-state index contributed by atoms with van der Waals surface area (Å²) in [6.07, 6.45) is 0.726. The van der Waals surface area contributed by atoms with E-state index in [0.29, 0.717) is 12.2 Å². The standard InChI is InChI=1S/C15H19NO3S/c1-10-4-3-5-11(2)12(10)8-13(17)16-15(14(18)19)6-7-20-9-15/h3-5H,6-9H2,1-2H3,(H,16,17)(H,18,19). The quantitative estimate of drug-likeness (QED) is 0.890. The fraction of sp³-hybridized carbons (Fsp3) is 0.467. The van der Waals surface area contributed by atoms with Gasteiger partial charge in [-0.05, 0) is 42.7 Å². The van der Waals surface area contributed by atoms with Crippen LogP contribution in [0.25, 0.3) is 0 Å². The van der Waals surface area contributed by atoms with E-state index in [2.05, 4.69) is 5.32 Å². The van der Waals surface area contributed by atoms with Crippen molar-refractivity contribution in [3.63, 3.8) is 0 Å². The van der Waals surface area contributed by atoms with Gasteiger partial charge in [-0.15, -0.1) is 0 Å². The smallest absolute Gasteiger partial charge is 0.330 e. The molecule has 2 rings (SSSR count). The molecule has 20 heavy (non-hydrogen) atoms. The maximum Gasteiger partial charge on any atom is 0.330 e. The average Bonchev–Trinajstić information content (AvgIpc) is 2.84. The second-order valence-electron chi connectivity index (χ2n) is 5.29. The Hall–Kier alpha value is -1.49. The molecule has 1 aliphatic heterocycles. The van der Waals surface area contributed by atoms with Crippen molar-refractivity contribution in [2.75, 3.05) is 11.5 Å². The number of hydrogen-bond donors (Lipinski definition) is 2. The number of aliphatic carboxylic acids is 1. The molecule has 1 aromatic carbocycles. The lowest BCUT2D eigenvalue weighted by Gasteiger charge is -2.25. The second-order valence-corrected chi connectivity index (χ2v) is 6.39. The van der Waals surface area contributed by atoms with E-state index in [4.69, 9.17) is 0 Å². The minimum Gasteiger partial charge on any atom is -0.479 e. The lowest BCUT2D eigenvalue weighted by molar-refractivity contribution is -0.146. The zero-order chi connectivity index (χ0) is 14.8. The zero-order valence-corrected chi connectivity index (χ0v) is 12.5. The molecule has 0 spiro atoms. The van der Waals surface area contributed by atoms with E-state index >= 15 is 0 Å². The van der Waals surface area contributed by atoms with Crippen LogP contribution in [0.1, 0.15) is 23.1 Å². The van der Waals surface area contributed by atoms with Crippen molar-refractivity contribution in [1.82, 2.24) is 5.32 Å². The maximum absolute atomic E-state index is 12.2. The van der Waals surface area contributed by atoms with Crippen LogP contribution < -0.4 is 5.32 Å². The summed E-state index contributed by atoms with van der Waals surface area (Å²) in [6, 6.07) is 5.89. The number of carbonyl (C=O) groups excluding carboxylic acids is 1. The van der Waals surface area contributed by atoms with Crippen molar-refractivity contribution >= 4 is 23.6 Å². The summed E-state index contributed by atoms with van der Waals surface area (Å²) in [6.45, 7) is 3.93. The Bertz CT molecular complexity index is 516.